The number of benzene rings is 3. The summed E-state index contributed by atoms with van der Waals surface area (Å²) in [6, 6.07) is 24.4. The summed E-state index contributed by atoms with van der Waals surface area (Å²) in [5, 5.41) is 2.67. The quantitative estimate of drug-likeness (QED) is 0.708. The molecule has 1 heteroatoms. The minimum atomic E-state index is 0.235. The van der Waals surface area contributed by atoms with Crippen LogP contribution in [0.1, 0.15) is 41.9 Å². The predicted octanol–water partition coefficient (Wildman–Crippen LogP) is 5.00. The molecule has 0 amide bonds. The molecule has 4 rings (SSSR count). The normalized spacial score (nSPS) is 21.8. The van der Waals surface area contributed by atoms with E-state index in [4.69, 9.17) is 5.73 Å². The third-order valence-electron chi connectivity index (χ3n) is 5.48. The molecule has 3 atom stereocenters. The molecule has 0 aromatic heterocycles. The topological polar surface area (TPSA) is 26.0 Å². The van der Waals surface area contributed by atoms with Crippen LogP contribution in [-0.4, -0.2) is 6.04 Å². The van der Waals surface area contributed by atoms with Crippen molar-refractivity contribution in [1.82, 2.24) is 0 Å². The highest BCUT2D eigenvalue weighted by molar-refractivity contribution is 5.86. The highest BCUT2D eigenvalue weighted by atomic mass is 14.7. The Morgan fingerprint density at radius 2 is 1.65 bits per heavy atom. The molecule has 2 unspecified atom stereocenters. The second-order valence-electron chi connectivity index (χ2n) is 6.78. The third kappa shape index (κ3) is 2.46. The van der Waals surface area contributed by atoms with Crippen molar-refractivity contribution < 1.29 is 0 Å². The Morgan fingerprint density at radius 1 is 0.913 bits per heavy atom. The summed E-state index contributed by atoms with van der Waals surface area (Å²) in [6.45, 7) is 2.34. The molecular formula is C22H23N. The molecule has 0 spiro atoms. The van der Waals surface area contributed by atoms with Crippen LogP contribution in [0.4, 0.5) is 0 Å². The summed E-state index contributed by atoms with van der Waals surface area (Å²) in [5.41, 5.74) is 10.9. The zero-order valence-electron chi connectivity index (χ0n) is 13.6. The van der Waals surface area contributed by atoms with Crippen LogP contribution in [0.2, 0.25) is 0 Å². The molecule has 3 aromatic carbocycles. The molecule has 0 fully saturated rings. The van der Waals surface area contributed by atoms with Crippen molar-refractivity contribution in [2.75, 3.05) is 0 Å². The molecule has 0 heterocycles. The summed E-state index contributed by atoms with van der Waals surface area (Å²) in [4.78, 5) is 0. The van der Waals surface area contributed by atoms with Gasteiger partial charge in [-0.1, -0.05) is 73.7 Å². The van der Waals surface area contributed by atoms with Crippen LogP contribution in [0.3, 0.4) is 0 Å². The average molecular weight is 301 g/mol. The maximum absolute atomic E-state index is 6.58. The van der Waals surface area contributed by atoms with Gasteiger partial charge in [-0.2, -0.15) is 0 Å². The van der Waals surface area contributed by atoms with Gasteiger partial charge in [-0.05, 0) is 46.2 Å². The fourth-order valence-corrected chi connectivity index (χ4v) is 4.30. The van der Waals surface area contributed by atoms with E-state index in [1.165, 1.54) is 27.5 Å². The Bertz CT molecular complexity index is 831. The molecule has 116 valence electrons. The lowest BCUT2D eigenvalue weighted by Crippen LogP contribution is -2.36. The zero-order chi connectivity index (χ0) is 15.8. The second kappa shape index (κ2) is 5.82. The Kier molecular flexibility index (Phi) is 3.66. The maximum atomic E-state index is 6.58. The number of nitrogens with two attached hydrogens (primary N) is 1. The maximum Gasteiger partial charge on any atom is 0.0117 e. The van der Waals surface area contributed by atoms with Gasteiger partial charge >= 0.3 is 0 Å². The van der Waals surface area contributed by atoms with Crippen LogP contribution < -0.4 is 5.73 Å². The molecule has 1 nitrogen and oxygen atoms in total. The number of rotatable bonds is 2. The molecule has 1 aliphatic rings. The van der Waals surface area contributed by atoms with Crippen molar-refractivity contribution in [3.05, 3.63) is 83.4 Å². The lowest BCUT2D eigenvalue weighted by molar-refractivity contribution is 0.423. The van der Waals surface area contributed by atoms with Gasteiger partial charge in [-0.15, -0.1) is 0 Å². The van der Waals surface area contributed by atoms with Gasteiger partial charge in [0.1, 0.15) is 0 Å². The summed E-state index contributed by atoms with van der Waals surface area (Å²) in [7, 11) is 0. The van der Waals surface area contributed by atoms with Gasteiger partial charge in [0.05, 0.1) is 0 Å². The van der Waals surface area contributed by atoms with Gasteiger partial charge in [0, 0.05) is 12.0 Å². The number of fused-ring (bicyclic) bond motifs is 2. The van der Waals surface area contributed by atoms with E-state index < -0.39 is 0 Å². The second-order valence-corrected chi connectivity index (χ2v) is 6.78. The first-order valence-electron chi connectivity index (χ1n) is 8.57. The van der Waals surface area contributed by atoms with Gasteiger partial charge in [0.25, 0.3) is 0 Å². The summed E-state index contributed by atoms with van der Waals surface area (Å²) in [6.07, 6.45) is 2.19. The van der Waals surface area contributed by atoms with Crippen molar-refractivity contribution in [2.45, 2.75) is 37.6 Å². The molecule has 3 aromatic rings. The lowest BCUT2D eigenvalue weighted by atomic mass is 9.71. The first-order chi connectivity index (χ1) is 11.3. The van der Waals surface area contributed by atoms with Gasteiger partial charge in [0.15, 0.2) is 0 Å². The predicted molar refractivity (Wildman–Crippen MR) is 97.8 cm³/mol. The SMILES string of the molecule is C[C@@H](c1cccc2ccccc12)C1c2ccccc2CCC1N. The minimum absolute atomic E-state index is 0.235. The van der Waals surface area contributed by atoms with Crippen LogP contribution in [0.25, 0.3) is 10.8 Å². The summed E-state index contributed by atoms with van der Waals surface area (Å²) in [5.74, 6) is 0.809. The monoisotopic (exact) mass is 301 g/mol. The molecular weight excluding hydrogens is 278 g/mol. The van der Waals surface area contributed by atoms with Crippen molar-refractivity contribution in [1.29, 1.82) is 0 Å². The summed E-state index contributed by atoms with van der Waals surface area (Å²) < 4.78 is 0. The Labute approximate surface area is 138 Å². The molecule has 1 aliphatic carbocycles. The molecule has 2 N–H and O–H groups in total. The van der Waals surface area contributed by atoms with Crippen LogP contribution in [-0.2, 0) is 6.42 Å². The first-order valence-corrected chi connectivity index (χ1v) is 8.57. The number of hydrogen-bond donors (Lipinski definition) is 1. The molecule has 0 saturated carbocycles. The van der Waals surface area contributed by atoms with Crippen LogP contribution in [0.5, 0.6) is 0 Å². The van der Waals surface area contributed by atoms with E-state index in [9.17, 15) is 0 Å². The molecule has 23 heavy (non-hydrogen) atoms. The van der Waals surface area contributed by atoms with E-state index in [0.29, 0.717) is 11.8 Å². The zero-order valence-corrected chi connectivity index (χ0v) is 13.6. The largest absolute Gasteiger partial charge is 0.327 e. The number of aryl methyl sites for hydroxylation is 1. The van der Waals surface area contributed by atoms with Crippen molar-refractivity contribution in [2.24, 2.45) is 5.73 Å². The van der Waals surface area contributed by atoms with Crippen LogP contribution in [0, 0.1) is 0 Å². The van der Waals surface area contributed by atoms with E-state index in [2.05, 4.69) is 73.7 Å². The Balaban J connectivity index is 1.83. The Hall–Kier alpha value is -2.12. The fraction of sp³-hybridized carbons (Fsp3) is 0.273. The molecule has 0 aliphatic heterocycles. The van der Waals surface area contributed by atoms with Gasteiger partial charge in [-0.3, -0.25) is 0 Å². The van der Waals surface area contributed by atoms with Crippen molar-refractivity contribution in [3.8, 4) is 0 Å². The van der Waals surface area contributed by atoms with Crippen LogP contribution >= 0.6 is 0 Å². The van der Waals surface area contributed by atoms with Gasteiger partial charge in [0.2, 0.25) is 0 Å². The lowest BCUT2D eigenvalue weighted by Gasteiger charge is -2.36. The highest BCUT2D eigenvalue weighted by Crippen LogP contribution is 2.42. The van der Waals surface area contributed by atoms with Crippen LogP contribution in [0.15, 0.2) is 66.7 Å². The van der Waals surface area contributed by atoms with Crippen molar-refractivity contribution >= 4 is 10.8 Å². The third-order valence-corrected chi connectivity index (χ3v) is 5.48. The Morgan fingerprint density at radius 3 is 2.57 bits per heavy atom. The van der Waals surface area contributed by atoms with E-state index in [-0.39, 0.29) is 6.04 Å². The molecule has 0 bridgehead atoms. The van der Waals surface area contributed by atoms with Gasteiger partial charge in [-0.25, -0.2) is 0 Å². The summed E-state index contributed by atoms with van der Waals surface area (Å²) >= 11 is 0. The van der Waals surface area contributed by atoms with E-state index in [0.717, 1.165) is 12.8 Å². The smallest absolute Gasteiger partial charge is 0.0117 e. The van der Waals surface area contributed by atoms with Crippen molar-refractivity contribution in [3.63, 3.8) is 0 Å². The fourth-order valence-electron chi connectivity index (χ4n) is 4.30. The average Bonchev–Trinajstić information content (AvgIpc) is 2.60. The van der Waals surface area contributed by atoms with E-state index in [1.54, 1.807) is 0 Å². The van der Waals surface area contributed by atoms with E-state index >= 15 is 0 Å². The number of hydrogen-bond acceptors (Lipinski definition) is 1. The highest BCUT2D eigenvalue weighted by Gasteiger charge is 2.32. The van der Waals surface area contributed by atoms with E-state index in [1.807, 2.05) is 0 Å². The minimum Gasteiger partial charge on any atom is -0.327 e. The first kappa shape index (κ1) is 14.5. The standard InChI is InChI=1S/C22H23N/c1-15(18-12-6-9-16-7-2-4-10-19(16)18)22-20-11-5-3-8-17(20)13-14-21(22)23/h2-12,15,21-22H,13-14,23H2,1H3/t15-,21?,22?/m0/s1. The molecule has 0 radical (unpaired) electrons. The van der Waals surface area contributed by atoms with Gasteiger partial charge < -0.3 is 5.73 Å². The molecule has 0 saturated heterocycles.